The lowest BCUT2D eigenvalue weighted by molar-refractivity contribution is -0.141. The number of carbonyl (C=O) groups is 2. The Balaban J connectivity index is 1.11. The molecule has 0 radical (unpaired) electrons. The van der Waals surface area contributed by atoms with Gasteiger partial charge >= 0.3 is 12.7 Å². The number of benzene rings is 1. The standard InChI is InChI=1S/C41H39F7N10O4/c1-40(2,21-57-29(16-32(53-57)41(46,47)48)23-7-10-33(59)54(3)20-23)52-37(60)31(14-22-17-49-56(19-22)39(44)45)55-12-11-24-25(8-9-26(42)35(24)38(55)61)36-27(43)15-30-28(51-36)18-50-58(30)34-6-4-5-13-62-34/h7-10,15-20,31,34,39H,4-6,11-14,21H2,1-3H3,(H,52,60)/t31-,34?/m1/s1. The first-order valence-electron chi connectivity index (χ1n) is 19.6. The van der Waals surface area contributed by atoms with Crippen LogP contribution in [0.5, 0.6) is 0 Å². The lowest BCUT2D eigenvalue weighted by atomic mass is 9.90. The van der Waals surface area contributed by atoms with Crippen molar-refractivity contribution < 1.29 is 45.1 Å². The summed E-state index contributed by atoms with van der Waals surface area (Å²) < 4.78 is 111. The van der Waals surface area contributed by atoms with E-state index in [1.807, 2.05) is 0 Å². The Morgan fingerprint density at radius 1 is 1.00 bits per heavy atom. The summed E-state index contributed by atoms with van der Waals surface area (Å²) in [6.07, 6.45) is 1.68. The number of ether oxygens (including phenoxy) is 1. The summed E-state index contributed by atoms with van der Waals surface area (Å²) in [5, 5.41) is 14.6. The summed E-state index contributed by atoms with van der Waals surface area (Å²) in [4.78, 5) is 46.5. The predicted molar refractivity (Wildman–Crippen MR) is 208 cm³/mol. The van der Waals surface area contributed by atoms with E-state index in [0.29, 0.717) is 28.7 Å². The monoisotopic (exact) mass is 868 g/mol. The molecule has 5 aromatic heterocycles. The van der Waals surface area contributed by atoms with Crippen LogP contribution in [-0.2, 0) is 42.1 Å². The van der Waals surface area contributed by atoms with Gasteiger partial charge in [0.15, 0.2) is 17.7 Å². The van der Waals surface area contributed by atoms with Crippen LogP contribution in [0, 0.1) is 11.6 Å². The largest absolute Gasteiger partial charge is 0.435 e. The van der Waals surface area contributed by atoms with Crippen LogP contribution >= 0.6 is 0 Å². The summed E-state index contributed by atoms with van der Waals surface area (Å²) in [6, 6.07) is 5.41. The second kappa shape index (κ2) is 16.1. The van der Waals surface area contributed by atoms with Gasteiger partial charge < -0.3 is 19.5 Å². The minimum absolute atomic E-state index is 0.0162. The van der Waals surface area contributed by atoms with E-state index in [1.165, 1.54) is 62.1 Å². The highest BCUT2D eigenvalue weighted by atomic mass is 19.4. The van der Waals surface area contributed by atoms with E-state index >= 15 is 8.78 Å². The van der Waals surface area contributed by atoms with Crippen molar-refractivity contribution >= 4 is 22.8 Å². The highest BCUT2D eigenvalue weighted by Crippen LogP contribution is 2.36. The number of aryl methyl sites for hydroxylation is 1. The van der Waals surface area contributed by atoms with E-state index in [9.17, 15) is 36.3 Å². The highest BCUT2D eigenvalue weighted by Gasteiger charge is 2.40. The van der Waals surface area contributed by atoms with E-state index in [2.05, 4.69) is 25.6 Å². The van der Waals surface area contributed by atoms with Crippen LogP contribution in [0.4, 0.5) is 30.7 Å². The van der Waals surface area contributed by atoms with Gasteiger partial charge in [0, 0.05) is 62.3 Å². The number of nitrogens with zero attached hydrogens (tertiary/aromatic N) is 9. The van der Waals surface area contributed by atoms with Crippen LogP contribution in [0.3, 0.4) is 0 Å². The lowest BCUT2D eigenvalue weighted by Gasteiger charge is -2.37. The Kier molecular flexibility index (Phi) is 11.0. The Bertz CT molecular complexity index is 2750. The maximum atomic E-state index is 16.0. The van der Waals surface area contributed by atoms with Crippen molar-refractivity contribution in [2.75, 3.05) is 13.2 Å². The number of aromatic nitrogens is 8. The Morgan fingerprint density at radius 3 is 2.48 bits per heavy atom. The molecular formula is C41H39F7N10O4. The summed E-state index contributed by atoms with van der Waals surface area (Å²) in [6.45, 7) is -0.0572. The first-order chi connectivity index (χ1) is 29.4. The van der Waals surface area contributed by atoms with Gasteiger partial charge in [-0.2, -0.15) is 37.2 Å². The molecule has 1 N–H and O–H groups in total. The van der Waals surface area contributed by atoms with Crippen LogP contribution in [0.25, 0.3) is 33.5 Å². The zero-order chi connectivity index (χ0) is 44.2. The molecule has 6 aromatic rings. The number of alkyl halides is 5. The van der Waals surface area contributed by atoms with Crippen molar-refractivity contribution in [3.63, 3.8) is 0 Å². The molecular weight excluding hydrogens is 830 g/mol. The van der Waals surface area contributed by atoms with E-state index in [-0.39, 0.29) is 59.6 Å². The minimum atomic E-state index is -4.84. The molecule has 62 heavy (non-hydrogen) atoms. The summed E-state index contributed by atoms with van der Waals surface area (Å²) in [5.74, 6) is -3.52. The third-order valence-electron chi connectivity index (χ3n) is 11.0. The molecule has 2 aliphatic heterocycles. The van der Waals surface area contributed by atoms with Crippen LogP contribution < -0.4 is 10.9 Å². The van der Waals surface area contributed by atoms with Gasteiger partial charge in [-0.3, -0.25) is 19.1 Å². The van der Waals surface area contributed by atoms with Crippen LogP contribution in [-0.4, -0.2) is 80.3 Å². The zero-order valence-electron chi connectivity index (χ0n) is 33.5. The van der Waals surface area contributed by atoms with Gasteiger partial charge in [-0.1, -0.05) is 0 Å². The van der Waals surface area contributed by atoms with Crippen molar-refractivity contribution in [1.29, 1.82) is 0 Å². The number of amides is 2. The van der Waals surface area contributed by atoms with Crippen LogP contribution in [0.2, 0.25) is 0 Å². The van der Waals surface area contributed by atoms with Crippen molar-refractivity contribution in [1.82, 2.24) is 49.1 Å². The molecule has 0 aliphatic carbocycles. The molecule has 2 amide bonds. The number of rotatable bonds is 11. The van der Waals surface area contributed by atoms with Gasteiger partial charge in [0.2, 0.25) is 11.5 Å². The first-order valence-corrected chi connectivity index (χ1v) is 19.6. The Morgan fingerprint density at radius 2 is 1.79 bits per heavy atom. The lowest BCUT2D eigenvalue weighted by Crippen LogP contribution is -2.58. The van der Waals surface area contributed by atoms with E-state index in [1.54, 1.807) is 4.68 Å². The number of hydrogen-bond donors (Lipinski definition) is 1. The molecule has 2 atom stereocenters. The normalized spacial score (nSPS) is 16.6. The SMILES string of the molecule is Cn1cc(-c2cc(C(F)(F)F)nn2CC(C)(C)NC(=O)[C@@H](Cc2cnn(C(F)F)c2)N2CCc3c(-c4nc5cnn(C6CCCCO6)c5cc4F)ccc(F)c3C2=O)ccc1=O. The smallest absolute Gasteiger partial charge is 0.356 e. The van der Waals surface area contributed by atoms with E-state index < -0.39 is 70.8 Å². The number of nitrogens with one attached hydrogen (secondary N) is 1. The number of fused-ring (bicyclic) bond motifs is 2. The molecule has 1 saturated heterocycles. The quantitative estimate of drug-likeness (QED) is 0.146. The molecule has 1 fully saturated rings. The van der Waals surface area contributed by atoms with Crippen molar-refractivity contribution in [2.45, 2.75) is 83.0 Å². The van der Waals surface area contributed by atoms with Gasteiger partial charge in [0.1, 0.15) is 23.1 Å². The third kappa shape index (κ3) is 8.19. The summed E-state index contributed by atoms with van der Waals surface area (Å²) in [7, 11) is 1.43. The molecule has 1 aromatic carbocycles. The van der Waals surface area contributed by atoms with Gasteiger partial charge in [-0.15, -0.1) is 0 Å². The van der Waals surface area contributed by atoms with Crippen molar-refractivity contribution in [2.24, 2.45) is 7.05 Å². The second-order valence-corrected chi connectivity index (χ2v) is 16.0. The van der Waals surface area contributed by atoms with Crippen molar-refractivity contribution in [3.8, 4) is 22.5 Å². The third-order valence-corrected chi connectivity index (χ3v) is 11.0. The fourth-order valence-corrected chi connectivity index (χ4v) is 8.03. The van der Waals surface area contributed by atoms with Gasteiger partial charge in [0.05, 0.1) is 41.3 Å². The molecule has 21 heteroatoms. The minimum Gasteiger partial charge on any atom is -0.356 e. The van der Waals surface area contributed by atoms with Crippen LogP contribution in [0.15, 0.2) is 66.0 Å². The fraction of sp³-hybridized carbons (Fsp3) is 0.390. The summed E-state index contributed by atoms with van der Waals surface area (Å²) >= 11 is 0. The number of pyridine rings is 2. The highest BCUT2D eigenvalue weighted by molar-refractivity contribution is 6.01. The molecule has 0 bridgehead atoms. The van der Waals surface area contributed by atoms with E-state index in [4.69, 9.17) is 4.74 Å². The van der Waals surface area contributed by atoms with Gasteiger partial charge in [0.25, 0.3) is 5.91 Å². The molecule has 7 heterocycles. The Labute approximate surface area is 347 Å². The van der Waals surface area contributed by atoms with Gasteiger partial charge in [-0.05, 0) is 74.9 Å². The topological polar surface area (TPSA) is 147 Å². The zero-order valence-corrected chi connectivity index (χ0v) is 33.5. The first kappa shape index (κ1) is 42.3. The predicted octanol–water partition coefficient (Wildman–Crippen LogP) is 6.45. The van der Waals surface area contributed by atoms with Gasteiger partial charge in [-0.25, -0.2) is 23.1 Å². The molecule has 0 spiro atoms. The average Bonchev–Trinajstić information content (AvgIpc) is 3.97. The fourth-order valence-electron chi connectivity index (χ4n) is 8.03. The molecule has 8 rings (SSSR count). The molecule has 1 unspecified atom stereocenters. The number of halogens is 7. The maximum Gasteiger partial charge on any atom is 0.435 e. The number of hydrogen-bond acceptors (Lipinski definition) is 8. The van der Waals surface area contributed by atoms with E-state index in [0.717, 1.165) is 46.9 Å². The summed E-state index contributed by atoms with van der Waals surface area (Å²) in [5.41, 5.74) is -2.30. The molecule has 326 valence electrons. The average molecular weight is 869 g/mol. The Hall–Kier alpha value is -6.38. The second-order valence-electron chi connectivity index (χ2n) is 16.0. The van der Waals surface area contributed by atoms with Crippen LogP contribution in [0.1, 0.15) is 73.1 Å². The number of carbonyl (C=O) groups excluding carboxylic acids is 2. The molecule has 14 nitrogen and oxygen atoms in total. The molecule has 2 aliphatic rings. The maximum absolute atomic E-state index is 16.0. The van der Waals surface area contributed by atoms with Crippen molar-refractivity contribution in [3.05, 3.63) is 106 Å². The molecule has 0 saturated carbocycles.